The lowest BCUT2D eigenvalue weighted by molar-refractivity contribution is 0.388. The second-order valence-electron chi connectivity index (χ2n) is 6.58. The van der Waals surface area contributed by atoms with Crippen LogP contribution in [0.2, 0.25) is 0 Å². The van der Waals surface area contributed by atoms with Gasteiger partial charge in [-0.15, -0.1) is 0 Å². The van der Waals surface area contributed by atoms with Gasteiger partial charge in [-0.3, -0.25) is 0 Å². The van der Waals surface area contributed by atoms with Crippen molar-refractivity contribution in [2.45, 2.75) is 12.8 Å². The van der Waals surface area contributed by atoms with Crippen LogP contribution < -0.4 is 4.74 Å². The summed E-state index contributed by atoms with van der Waals surface area (Å²) in [7, 11) is 0. The lowest BCUT2D eigenvalue weighted by Gasteiger charge is -2.27. The van der Waals surface area contributed by atoms with Gasteiger partial charge in [-0.05, 0) is 41.5 Å². The van der Waals surface area contributed by atoms with Crippen molar-refractivity contribution in [3.63, 3.8) is 0 Å². The van der Waals surface area contributed by atoms with Crippen molar-refractivity contribution in [2.24, 2.45) is 0 Å². The maximum atomic E-state index is 10.5. The molecule has 0 bridgehead atoms. The maximum Gasteiger partial charge on any atom is 0.161 e. The molecule has 136 valence electrons. The van der Waals surface area contributed by atoms with Crippen molar-refractivity contribution in [3.05, 3.63) is 70.8 Å². The Morgan fingerprint density at radius 3 is 2.15 bits per heavy atom. The summed E-state index contributed by atoms with van der Waals surface area (Å²) < 4.78 is 5.87. The average molecular weight is 362 g/mol. The summed E-state index contributed by atoms with van der Waals surface area (Å²) in [6.45, 7) is 1.91. The second kappa shape index (κ2) is 6.29. The Labute approximate surface area is 156 Å². The predicted octanol–water partition coefficient (Wildman–Crippen LogP) is 4.94. The molecular formula is C22H18O5. The summed E-state index contributed by atoms with van der Waals surface area (Å²) in [5.41, 5.74) is 2.98. The van der Waals surface area contributed by atoms with E-state index in [-0.39, 0.29) is 28.9 Å². The number of ether oxygens (including phenoxy) is 1. The molecule has 1 aliphatic rings. The SMILES string of the molecule is CC1c2cc(O)c(O)cc2Oc2cc(/C=C/c3ccc(O)cc3)cc(O)c21. The van der Waals surface area contributed by atoms with E-state index in [0.717, 1.165) is 11.1 Å². The fourth-order valence-electron chi connectivity index (χ4n) is 3.30. The molecule has 4 rings (SSSR count). The minimum atomic E-state index is -0.253. The number of rotatable bonds is 2. The fraction of sp³-hybridized carbons (Fsp3) is 0.0909. The monoisotopic (exact) mass is 362 g/mol. The minimum Gasteiger partial charge on any atom is -0.508 e. The van der Waals surface area contributed by atoms with E-state index in [0.29, 0.717) is 22.6 Å². The van der Waals surface area contributed by atoms with Gasteiger partial charge in [0.05, 0.1) is 0 Å². The van der Waals surface area contributed by atoms with Gasteiger partial charge in [-0.25, -0.2) is 0 Å². The van der Waals surface area contributed by atoms with Crippen LogP contribution in [0.4, 0.5) is 0 Å². The summed E-state index contributed by atoms with van der Waals surface area (Å²) in [6, 6.07) is 13.1. The van der Waals surface area contributed by atoms with Gasteiger partial charge in [0.1, 0.15) is 23.0 Å². The van der Waals surface area contributed by atoms with Crippen molar-refractivity contribution < 1.29 is 25.2 Å². The van der Waals surface area contributed by atoms with Crippen LogP contribution in [0.3, 0.4) is 0 Å². The Hall–Kier alpha value is -3.60. The molecule has 27 heavy (non-hydrogen) atoms. The van der Waals surface area contributed by atoms with Crippen LogP contribution in [0, 0.1) is 0 Å². The molecule has 1 aliphatic heterocycles. The second-order valence-corrected chi connectivity index (χ2v) is 6.58. The molecule has 0 spiro atoms. The maximum absolute atomic E-state index is 10.5. The molecular weight excluding hydrogens is 344 g/mol. The number of phenols is 4. The number of aromatic hydroxyl groups is 4. The van der Waals surface area contributed by atoms with Gasteiger partial charge in [0, 0.05) is 23.1 Å². The van der Waals surface area contributed by atoms with E-state index >= 15 is 0 Å². The molecule has 3 aromatic rings. The van der Waals surface area contributed by atoms with Crippen LogP contribution >= 0.6 is 0 Å². The number of hydrogen-bond donors (Lipinski definition) is 4. The smallest absolute Gasteiger partial charge is 0.161 e. The highest BCUT2D eigenvalue weighted by atomic mass is 16.5. The lowest BCUT2D eigenvalue weighted by Crippen LogP contribution is -2.08. The Morgan fingerprint density at radius 1 is 0.741 bits per heavy atom. The fourth-order valence-corrected chi connectivity index (χ4v) is 3.30. The van der Waals surface area contributed by atoms with E-state index in [1.54, 1.807) is 30.3 Å². The molecule has 1 heterocycles. The van der Waals surface area contributed by atoms with Crippen molar-refractivity contribution in [2.75, 3.05) is 0 Å². The number of benzene rings is 3. The predicted molar refractivity (Wildman–Crippen MR) is 103 cm³/mol. The van der Waals surface area contributed by atoms with E-state index in [1.807, 2.05) is 25.1 Å². The Balaban J connectivity index is 1.71. The normalized spacial score (nSPS) is 15.2. The quantitative estimate of drug-likeness (QED) is 0.383. The van der Waals surface area contributed by atoms with Crippen LogP contribution in [0.25, 0.3) is 12.2 Å². The Morgan fingerprint density at radius 2 is 1.41 bits per heavy atom. The number of fused-ring (bicyclic) bond motifs is 2. The molecule has 0 aliphatic carbocycles. The van der Waals surface area contributed by atoms with Gasteiger partial charge in [-0.1, -0.05) is 31.2 Å². The van der Waals surface area contributed by atoms with Crippen molar-refractivity contribution in [1.29, 1.82) is 0 Å². The van der Waals surface area contributed by atoms with Gasteiger partial charge in [-0.2, -0.15) is 0 Å². The third-order valence-corrected chi connectivity index (χ3v) is 4.73. The summed E-state index contributed by atoms with van der Waals surface area (Å²) in [5.74, 6) is 0.579. The number of phenolic OH excluding ortho intramolecular Hbond substituents is 4. The van der Waals surface area contributed by atoms with Crippen LogP contribution in [0.5, 0.6) is 34.5 Å². The van der Waals surface area contributed by atoms with Gasteiger partial charge in [0.2, 0.25) is 0 Å². The first-order chi connectivity index (χ1) is 12.9. The molecule has 0 saturated heterocycles. The van der Waals surface area contributed by atoms with Gasteiger partial charge in [0.15, 0.2) is 11.5 Å². The van der Waals surface area contributed by atoms with E-state index in [2.05, 4.69) is 0 Å². The molecule has 1 atom stereocenters. The highest BCUT2D eigenvalue weighted by Gasteiger charge is 2.28. The van der Waals surface area contributed by atoms with Gasteiger partial charge < -0.3 is 25.2 Å². The molecule has 0 fully saturated rings. The number of hydrogen-bond acceptors (Lipinski definition) is 5. The lowest BCUT2D eigenvalue weighted by atomic mass is 9.88. The molecule has 0 radical (unpaired) electrons. The highest BCUT2D eigenvalue weighted by Crippen LogP contribution is 2.50. The van der Waals surface area contributed by atoms with E-state index in [9.17, 15) is 20.4 Å². The summed E-state index contributed by atoms with van der Waals surface area (Å²) in [4.78, 5) is 0. The van der Waals surface area contributed by atoms with Crippen LogP contribution in [0.1, 0.15) is 35.1 Å². The first-order valence-electron chi connectivity index (χ1n) is 8.50. The molecule has 5 nitrogen and oxygen atoms in total. The van der Waals surface area contributed by atoms with Crippen LogP contribution in [-0.2, 0) is 0 Å². The van der Waals surface area contributed by atoms with Gasteiger partial charge >= 0.3 is 0 Å². The molecule has 0 amide bonds. The summed E-state index contributed by atoms with van der Waals surface area (Å²) in [5, 5.41) is 39.4. The molecule has 5 heteroatoms. The largest absolute Gasteiger partial charge is 0.508 e. The molecule has 0 aromatic heterocycles. The molecule has 1 unspecified atom stereocenters. The van der Waals surface area contributed by atoms with Crippen LogP contribution in [0.15, 0.2) is 48.5 Å². The zero-order valence-corrected chi connectivity index (χ0v) is 14.5. The first kappa shape index (κ1) is 16.8. The van der Waals surface area contributed by atoms with Gasteiger partial charge in [0.25, 0.3) is 0 Å². The van der Waals surface area contributed by atoms with E-state index in [1.165, 1.54) is 12.1 Å². The van der Waals surface area contributed by atoms with E-state index in [4.69, 9.17) is 4.74 Å². The van der Waals surface area contributed by atoms with E-state index < -0.39 is 0 Å². The minimum absolute atomic E-state index is 0.101. The Bertz CT molecular complexity index is 1050. The third kappa shape index (κ3) is 3.04. The zero-order chi connectivity index (χ0) is 19.1. The highest BCUT2D eigenvalue weighted by molar-refractivity contribution is 5.73. The summed E-state index contributed by atoms with van der Waals surface area (Å²) in [6.07, 6.45) is 3.70. The first-order valence-corrected chi connectivity index (χ1v) is 8.50. The Kier molecular flexibility index (Phi) is 3.92. The van der Waals surface area contributed by atoms with Crippen molar-refractivity contribution in [3.8, 4) is 34.5 Å². The molecule has 3 aromatic carbocycles. The third-order valence-electron chi connectivity index (χ3n) is 4.73. The summed E-state index contributed by atoms with van der Waals surface area (Å²) >= 11 is 0. The standard InChI is InChI=1S/C22H18O5/c1-12-16-10-17(24)18(25)11-20(16)27-21-9-14(8-19(26)22(12)21)3-2-13-4-6-15(23)7-5-13/h2-12,23-26H,1H3/b3-2+. The van der Waals surface area contributed by atoms with Crippen molar-refractivity contribution in [1.82, 2.24) is 0 Å². The molecule has 0 saturated carbocycles. The van der Waals surface area contributed by atoms with Crippen molar-refractivity contribution >= 4 is 12.2 Å². The molecule has 4 N–H and O–H groups in total. The topological polar surface area (TPSA) is 90.2 Å². The van der Waals surface area contributed by atoms with Crippen LogP contribution in [-0.4, -0.2) is 20.4 Å². The zero-order valence-electron chi connectivity index (χ0n) is 14.5. The average Bonchev–Trinajstić information content (AvgIpc) is 2.63.